The van der Waals surface area contributed by atoms with E-state index in [1.54, 1.807) is 0 Å². The SMILES string of the molecule is CC(C)CCCC(O)CC1OCCO1. The summed E-state index contributed by atoms with van der Waals surface area (Å²) in [6, 6.07) is 0. The standard InChI is InChI=1S/C11H22O3/c1-9(2)4-3-5-10(12)8-11-13-6-7-14-11/h9-12H,3-8H2,1-2H3. The van der Waals surface area contributed by atoms with Crippen molar-refractivity contribution in [2.24, 2.45) is 5.92 Å². The number of aliphatic hydroxyl groups is 1. The van der Waals surface area contributed by atoms with Crippen molar-refractivity contribution in [3.8, 4) is 0 Å². The van der Waals surface area contributed by atoms with E-state index in [2.05, 4.69) is 13.8 Å². The Labute approximate surface area is 86.4 Å². The van der Waals surface area contributed by atoms with Crippen LogP contribution in [0.25, 0.3) is 0 Å². The lowest BCUT2D eigenvalue weighted by molar-refractivity contribution is -0.0713. The van der Waals surface area contributed by atoms with E-state index in [9.17, 15) is 5.11 Å². The molecule has 1 fully saturated rings. The Morgan fingerprint density at radius 1 is 1.21 bits per heavy atom. The summed E-state index contributed by atoms with van der Waals surface area (Å²) in [5, 5.41) is 9.66. The molecule has 0 radical (unpaired) electrons. The van der Waals surface area contributed by atoms with Crippen LogP contribution in [0.5, 0.6) is 0 Å². The summed E-state index contributed by atoms with van der Waals surface area (Å²) in [7, 11) is 0. The first kappa shape index (κ1) is 12.0. The van der Waals surface area contributed by atoms with Gasteiger partial charge in [-0.1, -0.05) is 26.7 Å². The Hall–Kier alpha value is -0.120. The highest BCUT2D eigenvalue weighted by Crippen LogP contribution is 2.15. The first-order valence-electron chi connectivity index (χ1n) is 5.59. The molecule has 0 saturated carbocycles. The smallest absolute Gasteiger partial charge is 0.160 e. The highest BCUT2D eigenvalue weighted by atomic mass is 16.7. The Balaban J connectivity index is 2.00. The molecule has 0 aromatic heterocycles. The molecule has 0 aromatic carbocycles. The second-order valence-electron chi connectivity index (χ2n) is 4.39. The van der Waals surface area contributed by atoms with E-state index in [0.717, 1.165) is 18.8 Å². The minimum Gasteiger partial charge on any atom is -0.393 e. The van der Waals surface area contributed by atoms with Gasteiger partial charge in [0, 0.05) is 6.42 Å². The topological polar surface area (TPSA) is 38.7 Å². The first-order chi connectivity index (χ1) is 6.68. The monoisotopic (exact) mass is 202 g/mol. The van der Waals surface area contributed by atoms with Gasteiger partial charge in [0.1, 0.15) is 0 Å². The zero-order chi connectivity index (χ0) is 10.4. The molecule has 1 N–H and O–H groups in total. The molecule has 3 nitrogen and oxygen atoms in total. The lowest BCUT2D eigenvalue weighted by Crippen LogP contribution is -2.18. The van der Waals surface area contributed by atoms with Gasteiger partial charge < -0.3 is 14.6 Å². The molecule has 84 valence electrons. The van der Waals surface area contributed by atoms with E-state index in [1.165, 1.54) is 6.42 Å². The van der Waals surface area contributed by atoms with Crippen LogP contribution >= 0.6 is 0 Å². The third-order valence-electron chi connectivity index (χ3n) is 2.47. The van der Waals surface area contributed by atoms with Crippen molar-refractivity contribution >= 4 is 0 Å². The molecule has 1 aliphatic heterocycles. The zero-order valence-corrected chi connectivity index (χ0v) is 9.24. The summed E-state index contributed by atoms with van der Waals surface area (Å²) in [4.78, 5) is 0. The third kappa shape index (κ3) is 4.94. The maximum atomic E-state index is 9.66. The van der Waals surface area contributed by atoms with E-state index in [1.807, 2.05) is 0 Å². The average Bonchev–Trinajstić information content (AvgIpc) is 2.56. The van der Waals surface area contributed by atoms with E-state index in [0.29, 0.717) is 19.6 Å². The van der Waals surface area contributed by atoms with E-state index >= 15 is 0 Å². The zero-order valence-electron chi connectivity index (χ0n) is 9.24. The van der Waals surface area contributed by atoms with Gasteiger partial charge in [0.05, 0.1) is 19.3 Å². The van der Waals surface area contributed by atoms with Crippen molar-refractivity contribution in [3.63, 3.8) is 0 Å². The van der Waals surface area contributed by atoms with E-state index < -0.39 is 0 Å². The molecular formula is C11H22O3. The van der Waals surface area contributed by atoms with Gasteiger partial charge in [0.25, 0.3) is 0 Å². The van der Waals surface area contributed by atoms with Gasteiger partial charge in [-0.25, -0.2) is 0 Å². The summed E-state index contributed by atoms with van der Waals surface area (Å²) in [5.74, 6) is 0.723. The van der Waals surface area contributed by atoms with Gasteiger partial charge in [0.15, 0.2) is 6.29 Å². The van der Waals surface area contributed by atoms with Gasteiger partial charge in [-0.15, -0.1) is 0 Å². The number of aliphatic hydroxyl groups excluding tert-OH is 1. The molecule has 0 amide bonds. The summed E-state index contributed by atoms with van der Waals surface area (Å²) in [6.45, 7) is 5.75. The Bertz CT molecular complexity index is 141. The van der Waals surface area contributed by atoms with Crippen molar-refractivity contribution < 1.29 is 14.6 Å². The summed E-state index contributed by atoms with van der Waals surface area (Å²) in [6.07, 6.45) is 3.33. The molecule has 14 heavy (non-hydrogen) atoms. The summed E-state index contributed by atoms with van der Waals surface area (Å²) < 4.78 is 10.5. The minimum atomic E-state index is -0.267. The highest BCUT2D eigenvalue weighted by molar-refractivity contribution is 4.62. The number of hydrogen-bond acceptors (Lipinski definition) is 3. The predicted molar refractivity (Wildman–Crippen MR) is 55.0 cm³/mol. The molecule has 1 rings (SSSR count). The molecule has 0 spiro atoms. The molecule has 0 aromatic rings. The van der Waals surface area contributed by atoms with Crippen LogP contribution in [-0.4, -0.2) is 30.7 Å². The van der Waals surface area contributed by atoms with Crippen molar-refractivity contribution in [3.05, 3.63) is 0 Å². The number of hydrogen-bond donors (Lipinski definition) is 1. The summed E-state index contributed by atoms with van der Waals surface area (Å²) >= 11 is 0. The van der Waals surface area contributed by atoms with Crippen molar-refractivity contribution in [1.29, 1.82) is 0 Å². The quantitative estimate of drug-likeness (QED) is 0.715. The van der Waals surface area contributed by atoms with Crippen LogP contribution in [-0.2, 0) is 9.47 Å². The predicted octanol–water partition coefficient (Wildman–Crippen LogP) is 1.94. The minimum absolute atomic E-state index is 0.163. The molecule has 0 bridgehead atoms. The van der Waals surface area contributed by atoms with Crippen LogP contribution in [0.2, 0.25) is 0 Å². The van der Waals surface area contributed by atoms with Gasteiger partial charge in [-0.2, -0.15) is 0 Å². The second kappa shape index (κ2) is 6.38. The first-order valence-corrected chi connectivity index (χ1v) is 5.59. The molecule has 3 heteroatoms. The van der Waals surface area contributed by atoms with Crippen molar-refractivity contribution in [2.75, 3.05) is 13.2 Å². The van der Waals surface area contributed by atoms with Crippen LogP contribution in [0.1, 0.15) is 39.5 Å². The highest BCUT2D eigenvalue weighted by Gasteiger charge is 2.19. The van der Waals surface area contributed by atoms with Crippen LogP contribution in [0, 0.1) is 5.92 Å². The normalized spacial score (nSPS) is 20.6. The maximum absolute atomic E-state index is 9.66. The third-order valence-corrected chi connectivity index (χ3v) is 2.47. The Morgan fingerprint density at radius 3 is 2.43 bits per heavy atom. The molecule has 1 atom stereocenters. The van der Waals surface area contributed by atoms with Crippen LogP contribution in [0.4, 0.5) is 0 Å². The maximum Gasteiger partial charge on any atom is 0.160 e. The van der Waals surface area contributed by atoms with Crippen LogP contribution in [0.3, 0.4) is 0 Å². The van der Waals surface area contributed by atoms with Gasteiger partial charge in [-0.05, 0) is 12.3 Å². The van der Waals surface area contributed by atoms with E-state index in [4.69, 9.17) is 9.47 Å². The molecule has 1 saturated heterocycles. The van der Waals surface area contributed by atoms with Crippen molar-refractivity contribution in [1.82, 2.24) is 0 Å². The Morgan fingerprint density at radius 2 is 1.86 bits per heavy atom. The van der Waals surface area contributed by atoms with Crippen LogP contribution in [0.15, 0.2) is 0 Å². The molecular weight excluding hydrogens is 180 g/mol. The van der Waals surface area contributed by atoms with Gasteiger partial charge in [0.2, 0.25) is 0 Å². The number of rotatable bonds is 6. The fourth-order valence-electron chi connectivity index (χ4n) is 1.65. The molecule has 1 aliphatic rings. The van der Waals surface area contributed by atoms with Crippen LogP contribution < -0.4 is 0 Å². The second-order valence-corrected chi connectivity index (χ2v) is 4.39. The lowest BCUT2D eigenvalue weighted by Gasteiger charge is -2.15. The lowest BCUT2D eigenvalue weighted by atomic mass is 10.0. The molecule has 1 heterocycles. The Kier molecular flexibility index (Phi) is 5.45. The molecule has 0 aliphatic carbocycles. The van der Waals surface area contributed by atoms with Gasteiger partial charge >= 0.3 is 0 Å². The number of ether oxygens (including phenoxy) is 2. The van der Waals surface area contributed by atoms with E-state index in [-0.39, 0.29) is 12.4 Å². The fourth-order valence-corrected chi connectivity index (χ4v) is 1.65. The van der Waals surface area contributed by atoms with Crippen molar-refractivity contribution in [2.45, 2.75) is 51.9 Å². The van der Waals surface area contributed by atoms with Gasteiger partial charge in [-0.3, -0.25) is 0 Å². The fraction of sp³-hybridized carbons (Fsp3) is 1.00. The summed E-state index contributed by atoms with van der Waals surface area (Å²) in [5.41, 5.74) is 0. The largest absolute Gasteiger partial charge is 0.393 e. The molecule has 1 unspecified atom stereocenters. The average molecular weight is 202 g/mol.